The van der Waals surface area contributed by atoms with Crippen molar-refractivity contribution in [3.63, 3.8) is 0 Å². The van der Waals surface area contributed by atoms with Crippen molar-refractivity contribution in [3.05, 3.63) is 42.1 Å². The molecule has 0 radical (unpaired) electrons. The Morgan fingerprint density at radius 1 is 1.03 bits per heavy atom. The molecular formula is C24H27N9O. The van der Waals surface area contributed by atoms with E-state index in [0.29, 0.717) is 35.2 Å². The van der Waals surface area contributed by atoms with Gasteiger partial charge in [0.05, 0.1) is 23.8 Å². The molecule has 6 rings (SSSR count). The van der Waals surface area contributed by atoms with E-state index in [-0.39, 0.29) is 5.75 Å². The van der Waals surface area contributed by atoms with Gasteiger partial charge in [-0.15, -0.1) is 10.2 Å². The highest BCUT2D eigenvalue weighted by Gasteiger charge is 2.29. The maximum absolute atomic E-state index is 10.8. The van der Waals surface area contributed by atoms with Crippen LogP contribution >= 0.6 is 0 Å². The summed E-state index contributed by atoms with van der Waals surface area (Å²) in [6.45, 7) is 7.84. The lowest BCUT2D eigenvalue weighted by atomic mass is 10.1. The molecule has 174 valence electrons. The van der Waals surface area contributed by atoms with Crippen LogP contribution in [0.15, 0.2) is 30.6 Å². The Morgan fingerprint density at radius 3 is 2.50 bits per heavy atom. The quantitative estimate of drug-likeness (QED) is 0.477. The summed E-state index contributed by atoms with van der Waals surface area (Å²) in [6.07, 6.45) is 5.77. The Balaban J connectivity index is 1.29. The van der Waals surface area contributed by atoms with Crippen LogP contribution in [0.2, 0.25) is 0 Å². The second-order valence-corrected chi connectivity index (χ2v) is 9.46. The molecule has 1 saturated heterocycles. The summed E-state index contributed by atoms with van der Waals surface area (Å²) >= 11 is 0. The van der Waals surface area contributed by atoms with Crippen molar-refractivity contribution in [2.45, 2.75) is 51.6 Å². The molecule has 1 aliphatic heterocycles. The van der Waals surface area contributed by atoms with E-state index < -0.39 is 0 Å². The standard InChI is InChI=1S/C24H27N9O/c1-13-10-32(11-14(2)26-13)24-25-9-19(29-30-24)18-7-6-17(8-21(18)34)20-12-33-23(27-15(3)31-33)22(28-20)16-4-5-16/h6-9,12-14,16,26,34H,4-5,10-11H2,1-3H3/t13-,14+. The third-order valence-electron chi connectivity index (χ3n) is 6.38. The Labute approximate surface area is 197 Å². The first-order valence-electron chi connectivity index (χ1n) is 11.7. The molecule has 2 N–H and O–H groups in total. The van der Waals surface area contributed by atoms with Gasteiger partial charge in [0.15, 0.2) is 5.65 Å². The van der Waals surface area contributed by atoms with E-state index >= 15 is 0 Å². The van der Waals surface area contributed by atoms with Crippen molar-refractivity contribution in [2.24, 2.45) is 0 Å². The average molecular weight is 458 g/mol. The van der Waals surface area contributed by atoms with E-state index in [0.717, 1.165) is 54.4 Å². The smallest absolute Gasteiger partial charge is 0.245 e. The number of hydrogen-bond donors (Lipinski definition) is 2. The van der Waals surface area contributed by atoms with Gasteiger partial charge < -0.3 is 15.3 Å². The second kappa shape index (κ2) is 7.98. The van der Waals surface area contributed by atoms with Gasteiger partial charge in [0.25, 0.3) is 0 Å². The van der Waals surface area contributed by atoms with Crippen LogP contribution in [0, 0.1) is 6.92 Å². The number of aromatic nitrogens is 7. The molecule has 4 heterocycles. The fourth-order valence-corrected chi connectivity index (χ4v) is 4.72. The van der Waals surface area contributed by atoms with E-state index in [4.69, 9.17) is 4.98 Å². The number of piperazine rings is 1. The SMILES string of the molecule is Cc1nc2c(C3CC3)nc(-c3ccc(-c4cnc(N5C[C@@H](C)N[C@@H](C)C5)nn4)c(O)c3)cn2n1. The molecule has 0 spiro atoms. The van der Waals surface area contributed by atoms with Crippen molar-refractivity contribution in [2.75, 3.05) is 18.0 Å². The van der Waals surface area contributed by atoms with Gasteiger partial charge >= 0.3 is 0 Å². The number of nitrogens with zero attached hydrogens (tertiary/aromatic N) is 8. The molecule has 3 aromatic heterocycles. The molecular weight excluding hydrogens is 430 g/mol. The molecule has 4 aromatic rings. The summed E-state index contributed by atoms with van der Waals surface area (Å²) in [4.78, 5) is 16.1. The first-order valence-corrected chi connectivity index (χ1v) is 11.7. The minimum absolute atomic E-state index is 0.107. The number of rotatable bonds is 4. The van der Waals surface area contributed by atoms with Crippen molar-refractivity contribution in [3.8, 4) is 28.3 Å². The van der Waals surface area contributed by atoms with Crippen LogP contribution in [-0.2, 0) is 0 Å². The summed E-state index contributed by atoms with van der Waals surface area (Å²) in [6, 6.07) is 6.19. The zero-order valence-corrected chi connectivity index (χ0v) is 19.5. The molecule has 10 nitrogen and oxygen atoms in total. The number of hydrogen-bond acceptors (Lipinski definition) is 9. The van der Waals surface area contributed by atoms with Crippen LogP contribution in [0.25, 0.3) is 28.2 Å². The van der Waals surface area contributed by atoms with Crippen molar-refractivity contribution >= 4 is 11.6 Å². The predicted octanol–water partition coefficient (Wildman–Crippen LogP) is 2.72. The fourth-order valence-electron chi connectivity index (χ4n) is 4.72. The zero-order valence-electron chi connectivity index (χ0n) is 19.5. The molecule has 0 unspecified atom stereocenters. The molecule has 2 fully saturated rings. The monoisotopic (exact) mass is 457 g/mol. The Kier molecular flexibility index (Phi) is 4.91. The molecule has 1 aromatic carbocycles. The number of aromatic hydroxyl groups is 1. The molecule has 10 heteroatoms. The lowest BCUT2D eigenvalue weighted by molar-refractivity contribution is 0.402. The number of nitrogens with one attached hydrogen (secondary N) is 1. The first-order chi connectivity index (χ1) is 16.4. The second-order valence-electron chi connectivity index (χ2n) is 9.46. The maximum Gasteiger partial charge on any atom is 0.245 e. The number of benzene rings is 1. The highest BCUT2D eigenvalue weighted by atomic mass is 16.3. The normalized spacial score (nSPS) is 20.7. The van der Waals surface area contributed by atoms with Crippen molar-refractivity contribution < 1.29 is 5.11 Å². The summed E-state index contributed by atoms with van der Waals surface area (Å²) in [5.74, 6) is 1.86. The van der Waals surface area contributed by atoms with Crippen LogP contribution in [0.3, 0.4) is 0 Å². The minimum atomic E-state index is 0.107. The van der Waals surface area contributed by atoms with Gasteiger partial charge in [-0.25, -0.2) is 19.5 Å². The van der Waals surface area contributed by atoms with E-state index in [1.807, 2.05) is 25.3 Å². The summed E-state index contributed by atoms with van der Waals surface area (Å²) < 4.78 is 1.79. The number of aryl methyl sites for hydroxylation is 1. The predicted molar refractivity (Wildman–Crippen MR) is 128 cm³/mol. The average Bonchev–Trinajstić information content (AvgIpc) is 3.58. The highest BCUT2D eigenvalue weighted by molar-refractivity contribution is 5.73. The van der Waals surface area contributed by atoms with Gasteiger partial charge in [0.2, 0.25) is 5.95 Å². The van der Waals surface area contributed by atoms with E-state index in [1.54, 1.807) is 16.8 Å². The van der Waals surface area contributed by atoms with Crippen molar-refractivity contribution in [1.29, 1.82) is 0 Å². The van der Waals surface area contributed by atoms with E-state index in [9.17, 15) is 5.11 Å². The number of phenolic OH excluding ortho intramolecular Hbond substituents is 1. The Morgan fingerprint density at radius 2 is 1.82 bits per heavy atom. The summed E-state index contributed by atoms with van der Waals surface area (Å²) in [5, 5.41) is 27.5. The van der Waals surface area contributed by atoms with Gasteiger partial charge in [-0.3, -0.25) is 0 Å². The van der Waals surface area contributed by atoms with Crippen molar-refractivity contribution in [1.82, 2.24) is 40.1 Å². The third-order valence-corrected chi connectivity index (χ3v) is 6.38. The van der Waals surface area contributed by atoms with Gasteiger partial charge in [-0.05, 0) is 45.7 Å². The van der Waals surface area contributed by atoms with Crippen LogP contribution in [0.1, 0.15) is 44.1 Å². The topological polar surface area (TPSA) is 117 Å². The first kappa shape index (κ1) is 20.9. The Hall–Kier alpha value is -3.66. The Bertz CT molecular complexity index is 1350. The fraction of sp³-hybridized carbons (Fsp3) is 0.417. The number of anilines is 1. The van der Waals surface area contributed by atoms with E-state index in [2.05, 4.69) is 49.3 Å². The molecule has 2 aliphatic rings. The molecule has 1 saturated carbocycles. The van der Waals surface area contributed by atoms with Gasteiger partial charge in [-0.1, -0.05) is 6.07 Å². The maximum atomic E-state index is 10.8. The largest absolute Gasteiger partial charge is 0.507 e. The highest BCUT2D eigenvalue weighted by Crippen LogP contribution is 2.41. The molecule has 0 amide bonds. The lowest BCUT2D eigenvalue weighted by Crippen LogP contribution is -2.54. The molecule has 1 aliphatic carbocycles. The van der Waals surface area contributed by atoms with Crippen LogP contribution < -0.4 is 10.2 Å². The van der Waals surface area contributed by atoms with Crippen LogP contribution in [-0.4, -0.2) is 65.0 Å². The van der Waals surface area contributed by atoms with Gasteiger partial charge in [0, 0.05) is 42.2 Å². The lowest BCUT2D eigenvalue weighted by Gasteiger charge is -2.35. The van der Waals surface area contributed by atoms with Gasteiger partial charge in [0.1, 0.15) is 17.3 Å². The minimum Gasteiger partial charge on any atom is -0.507 e. The zero-order chi connectivity index (χ0) is 23.4. The van der Waals surface area contributed by atoms with E-state index in [1.165, 1.54) is 0 Å². The third kappa shape index (κ3) is 3.83. The summed E-state index contributed by atoms with van der Waals surface area (Å²) in [7, 11) is 0. The van der Waals surface area contributed by atoms with Crippen LogP contribution in [0.5, 0.6) is 5.75 Å². The van der Waals surface area contributed by atoms with Gasteiger partial charge in [-0.2, -0.15) is 5.10 Å². The van der Waals surface area contributed by atoms with Crippen LogP contribution in [0.4, 0.5) is 5.95 Å². The molecule has 34 heavy (non-hydrogen) atoms. The molecule has 2 atom stereocenters. The summed E-state index contributed by atoms with van der Waals surface area (Å²) in [5.41, 5.74) is 4.46. The number of fused-ring (bicyclic) bond motifs is 1. The molecule has 0 bridgehead atoms. The number of phenols is 1.